The van der Waals surface area contributed by atoms with Crippen LogP contribution in [-0.4, -0.2) is 20.5 Å². The summed E-state index contributed by atoms with van der Waals surface area (Å²) in [6.45, 7) is 0.170. The summed E-state index contributed by atoms with van der Waals surface area (Å²) in [5, 5.41) is 21.7. The highest BCUT2D eigenvalue weighted by atomic mass is 19.1. The van der Waals surface area contributed by atoms with Gasteiger partial charge in [-0.3, -0.25) is 20.2 Å². The molecule has 0 radical (unpaired) electrons. The molecule has 1 heterocycles. The molecule has 0 saturated carbocycles. The third-order valence-corrected chi connectivity index (χ3v) is 2.52. The van der Waals surface area contributed by atoms with Gasteiger partial charge in [-0.25, -0.2) is 4.39 Å². The van der Waals surface area contributed by atoms with Crippen LogP contribution < -0.4 is 5.73 Å². The molecule has 0 amide bonds. The van der Waals surface area contributed by atoms with Gasteiger partial charge >= 0.3 is 5.69 Å². The molecule has 0 bridgehead atoms. The van der Waals surface area contributed by atoms with Crippen molar-refractivity contribution in [2.75, 3.05) is 0 Å². The van der Waals surface area contributed by atoms with Crippen LogP contribution in [0.3, 0.4) is 0 Å². The smallest absolute Gasteiger partial charge is 0.307 e. The van der Waals surface area contributed by atoms with E-state index in [9.17, 15) is 14.5 Å². The van der Waals surface area contributed by atoms with E-state index in [4.69, 9.17) is 11.1 Å². The van der Waals surface area contributed by atoms with E-state index in [0.717, 1.165) is 12.3 Å². The molecular weight excluding hydrogens is 253 g/mol. The molecule has 0 saturated heterocycles. The van der Waals surface area contributed by atoms with Gasteiger partial charge < -0.3 is 5.73 Å². The van der Waals surface area contributed by atoms with Crippen molar-refractivity contribution in [2.45, 2.75) is 6.54 Å². The molecule has 19 heavy (non-hydrogen) atoms. The fourth-order valence-electron chi connectivity index (χ4n) is 1.65. The number of nitrogens with zero attached hydrogens (tertiary/aromatic N) is 3. The first-order chi connectivity index (χ1) is 8.97. The van der Waals surface area contributed by atoms with Gasteiger partial charge in [-0.2, -0.15) is 5.10 Å². The first kappa shape index (κ1) is 12.7. The van der Waals surface area contributed by atoms with E-state index in [1.807, 2.05) is 0 Å². The lowest BCUT2D eigenvalue weighted by Gasteiger charge is -2.08. The van der Waals surface area contributed by atoms with Crippen molar-refractivity contribution in [3.8, 4) is 0 Å². The van der Waals surface area contributed by atoms with Gasteiger partial charge in [-0.05, 0) is 17.7 Å². The largest absolute Gasteiger partial charge is 0.384 e. The average molecular weight is 263 g/mol. The van der Waals surface area contributed by atoms with Crippen molar-refractivity contribution in [1.82, 2.24) is 9.78 Å². The summed E-state index contributed by atoms with van der Waals surface area (Å²) in [6.07, 6.45) is 2.38. The number of nitrogens with one attached hydrogen (secondary N) is 1. The van der Waals surface area contributed by atoms with Crippen LogP contribution in [0.1, 0.15) is 11.1 Å². The van der Waals surface area contributed by atoms with Crippen molar-refractivity contribution >= 4 is 11.5 Å². The van der Waals surface area contributed by atoms with Crippen molar-refractivity contribution in [3.05, 3.63) is 57.7 Å². The molecule has 0 aliphatic rings. The van der Waals surface area contributed by atoms with Crippen LogP contribution in [0.15, 0.2) is 30.6 Å². The quantitative estimate of drug-likeness (QED) is 0.374. The van der Waals surface area contributed by atoms with E-state index in [1.165, 1.54) is 23.0 Å². The summed E-state index contributed by atoms with van der Waals surface area (Å²) in [5.74, 6) is -0.767. The van der Waals surface area contributed by atoms with Crippen molar-refractivity contribution in [1.29, 1.82) is 5.41 Å². The monoisotopic (exact) mass is 263 g/mol. The lowest BCUT2D eigenvalue weighted by molar-refractivity contribution is -0.385. The Balaban J connectivity index is 2.32. The van der Waals surface area contributed by atoms with E-state index in [0.29, 0.717) is 5.56 Å². The summed E-state index contributed by atoms with van der Waals surface area (Å²) >= 11 is 0. The molecule has 98 valence electrons. The Morgan fingerprint density at radius 3 is 2.89 bits per heavy atom. The zero-order valence-corrected chi connectivity index (χ0v) is 9.71. The third kappa shape index (κ3) is 2.73. The number of hydrogen-bond donors (Lipinski definition) is 2. The van der Waals surface area contributed by atoms with E-state index >= 15 is 0 Å². The molecular formula is C11H10FN5O2. The van der Waals surface area contributed by atoms with Crippen LogP contribution in [0, 0.1) is 21.3 Å². The predicted octanol–water partition coefficient (Wildman–Crippen LogP) is 1.26. The van der Waals surface area contributed by atoms with Crippen molar-refractivity contribution in [2.24, 2.45) is 5.73 Å². The van der Waals surface area contributed by atoms with Crippen LogP contribution in [0.25, 0.3) is 0 Å². The Hall–Kier alpha value is -2.77. The summed E-state index contributed by atoms with van der Waals surface area (Å²) in [4.78, 5) is 9.98. The summed E-state index contributed by atoms with van der Waals surface area (Å²) in [6, 6.07) is 3.86. The van der Waals surface area contributed by atoms with Gasteiger partial charge in [0.15, 0.2) is 0 Å². The van der Waals surface area contributed by atoms with Crippen LogP contribution in [-0.2, 0) is 6.54 Å². The number of benzene rings is 1. The molecule has 8 heteroatoms. The summed E-state index contributed by atoms with van der Waals surface area (Å²) < 4.78 is 14.4. The fraction of sp³-hybridized carbons (Fsp3) is 0.0909. The van der Waals surface area contributed by atoms with Crippen LogP contribution in [0.4, 0.5) is 10.1 Å². The fourth-order valence-corrected chi connectivity index (χ4v) is 1.65. The Labute approximate surface area is 107 Å². The number of amidine groups is 1. The lowest BCUT2D eigenvalue weighted by atomic mass is 10.1. The average Bonchev–Trinajstić information content (AvgIpc) is 2.80. The molecule has 0 fully saturated rings. The van der Waals surface area contributed by atoms with Crippen LogP contribution in [0.2, 0.25) is 0 Å². The third-order valence-electron chi connectivity index (χ3n) is 2.52. The molecule has 3 N–H and O–H groups in total. The van der Waals surface area contributed by atoms with Crippen molar-refractivity contribution in [3.63, 3.8) is 0 Å². The number of aromatic nitrogens is 2. The standard InChI is InChI=1S/C11H10FN5O2/c12-8-2-1-7(10(3-8)11(13)14)5-16-6-9(4-15-16)17(18)19/h1-4,6H,5H2,(H3,13,14). The highest BCUT2D eigenvalue weighted by Gasteiger charge is 2.12. The minimum Gasteiger partial charge on any atom is -0.384 e. The molecule has 2 rings (SSSR count). The second-order valence-electron chi connectivity index (χ2n) is 3.87. The summed E-state index contributed by atoms with van der Waals surface area (Å²) in [5.41, 5.74) is 6.05. The predicted molar refractivity (Wildman–Crippen MR) is 65.4 cm³/mol. The highest BCUT2D eigenvalue weighted by molar-refractivity contribution is 5.96. The topological polar surface area (TPSA) is 111 Å². The maximum absolute atomic E-state index is 13.1. The number of rotatable bonds is 4. The van der Waals surface area contributed by atoms with Crippen molar-refractivity contribution < 1.29 is 9.31 Å². The molecule has 0 atom stereocenters. The second-order valence-corrected chi connectivity index (χ2v) is 3.87. The van der Waals surface area contributed by atoms with Crippen LogP contribution >= 0.6 is 0 Å². The SMILES string of the molecule is N=C(N)c1cc(F)ccc1Cn1cc([N+](=O)[O-])cn1. The molecule has 2 aromatic rings. The van der Waals surface area contributed by atoms with Gasteiger partial charge in [0.25, 0.3) is 0 Å². The van der Waals surface area contributed by atoms with E-state index in [2.05, 4.69) is 5.10 Å². The zero-order chi connectivity index (χ0) is 14.0. The Kier molecular flexibility index (Phi) is 3.23. The van der Waals surface area contributed by atoms with Gasteiger partial charge in [-0.15, -0.1) is 0 Å². The Bertz CT molecular complexity index is 652. The Morgan fingerprint density at radius 2 is 2.32 bits per heavy atom. The minimum atomic E-state index is -0.556. The van der Waals surface area contributed by atoms with E-state index in [-0.39, 0.29) is 23.6 Å². The number of nitro groups is 1. The molecule has 1 aromatic carbocycles. The molecule has 1 aromatic heterocycles. The normalized spacial score (nSPS) is 10.4. The number of nitrogen functional groups attached to an aromatic ring is 1. The molecule has 0 unspecified atom stereocenters. The maximum atomic E-state index is 13.1. The second kappa shape index (κ2) is 4.84. The van der Waals surface area contributed by atoms with E-state index < -0.39 is 10.7 Å². The number of nitrogens with two attached hydrogens (primary N) is 1. The molecule has 0 aliphatic carbocycles. The first-order valence-electron chi connectivity index (χ1n) is 5.27. The number of hydrogen-bond acceptors (Lipinski definition) is 4. The van der Waals surface area contributed by atoms with Gasteiger partial charge in [0, 0.05) is 5.56 Å². The van der Waals surface area contributed by atoms with Gasteiger partial charge in [0.1, 0.15) is 24.0 Å². The lowest BCUT2D eigenvalue weighted by Crippen LogP contribution is -2.16. The van der Waals surface area contributed by atoms with Gasteiger partial charge in [0.05, 0.1) is 11.5 Å². The van der Waals surface area contributed by atoms with E-state index in [1.54, 1.807) is 0 Å². The van der Waals surface area contributed by atoms with Gasteiger partial charge in [-0.1, -0.05) is 6.07 Å². The molecule has 0 spiro atoms. The Morgan fingerprint density at radius 1 is 1.58 bits per heavy atom. The number of halogens is 1. The summed E-state index contributed by atoms with van der Waals surface area (Å²) in [7, 11) is 0. The highest BCUT2D eigenvalue weighted by Crippen LogP contribution is 2.14. The molecule has 7 nitrogen and oxygen atoms in total. The first-order valence-corrected chi connectivity index (χ1v) is 5.27. The molecule has 0 aliphatic heterocycles. The minimum absolute atomic E-state index is 0.133. The van der Waals surface area contributed by atoms with Gasteiger partial charge in [0.2, 0.25) is 0 Å². The maximum Gasteiger partial charge on any atom is 0.307 e. The van der Waals surface area contributed by atoms with Crippen LogP contribution in [0.5, 0.6) is 0 Å². The zero-order valence-electron chi connectivity index (χ0n) is 9.71.